The second kappa shape index (κ2) is 11.2. The summed E-state index contributed by atoms with van der Waals surface area (Å²) in [6.45, 7) is 0. The molecule has 0 bridgehead atoms. The molecule has 3 nitrogen and oxygen atoms in total. The van der Waals surface area contributed by atoms with Gasteiger partial charge in [0.05, 0.1) is 28.3 Å². The fourth-order valence-corrected chi connectivity index (χ4v) is 9.08. The molecule has 2 heterocycles. The van der Waals surface area contributed by atoms with Gasteiger partial charge in [-0.25, -0.2) is 9.97 Å². The van der Waals surface area contributed by atoms with Crippen LogP contribution in [-0.4, -0.2) is 9.97 Å². The Morgan fingerprint density at radius 1 is 0.389 bits per heavy atom. The lowest BCUT2D eigenvalue weighted by Crippen LogP contribution is -2.07. The Bertz CT molecular complexity index is 3330. The lowest BCUT2D eigenvalue weighted by molar-refractivity contribution is 0.668. The normalized spacial score (nSPS) is 13.7. The Morgan fingerprint density at radius 2 is 1.00 bits per heavy atom. The van der Waals surface area contributed by atoms with Gasteiger partial charge in [-0.15, -0.1) is 0 Å². The molecule has 2 aromatic heterocycles. The van der Waals surface area contributed by atoms with Gasteiger partial charge in [-0.1, -0.05) is 152 Å². The number of nitrogens with zero attached hydrogens (tertiary/aromatic N) is 2. The average molecular weight is 687 g/mol. The molecule has 0 saturated heterocycles. The smallest absolute Gasteiger partial charge is 0.136 e. The first-order valence-electron chi connectivity index (χ1n) is 18.5. The summed E-state index contributed by atoms with van der Waals surface area (Å²) in [5.41, 5.74) is 13.7. The summed E-state index contributed by atoms with van der Waals surface area (Å²) >= 11 is 0. The molecule has 0 radical (unpaired) electrons. The number of aromatic nitrogens is 2. The number of hydrogen-bond acceptors (Lipinski definition) is 3. The quantitative estimate of drug-likeness (QED) is 0.174. The van der Waals surface area contributed by atoms with Crippen molar-refractivity contribution in [2.24, 2.45) is 0 Å². The van der Waals surface area contributed by atoms with E-state index in [1.807, 2.05) is 0 Å². The van der Waals surface area contributed by atoms with Crippen molar-refractivity contribution in [1.29, 1.82) is 0 Å². The van der Waals surface area contributed by atoms with Crippen LogP contribution < -0.4 is 0 Å². The third-order valence-electron chi connectivity index (χ3n) is 11.5. The molecule has 9 aromatic carbocycles. The molecule has 1 atom stereocenters. The minimum Gasteiger partial charge on any atom is -0.456 e. The van der Waals surface area contributed by atoms with Crippen molar-refractivity contribution in [3.63, 3.8) is 0 Å². The lowest BCUT2D eigenvalue weighted by Gasteiger charge is -2.20. The molecule has 1 aliphatic rings. The second-order valence-electron chi connectivity index (χ2n) is 14.4. The highest BCUT2D eigenvalue weighted by Crippen LogP contribution is 2.53. The van der Waals surface area contributed by atoms with Gasteiger partial charge in [0, 0.05) is 27.1 Å². The minimum absolute atomic E-state index is 0.175. The van der Waals surface area contributed by atoms with Gasteiger partial charge in [-0.05, 0) is 79.2 Å². The zero-order valence-electron chi connectivity index (χ0n) is 29.1. The van der Waals surface area contributed by atoms with E-state index in [-0.39, 0.29) is 5.92 Å². The summed E-state index contributed by atoms with van der Waals surface area (Å²) in [7, 11) is 0. The fraction of sp³-hybridized carbons (Fsp3) is 0.0196. The maximum absolute atomic E-state index is 6.72. The number of furan rings is 1. The van der Waals surface area contributed by atoms with Crippen molar-refractivity contribution in [3.05, 3.63) is 193 Å². The molecule has 0 amide bonds. The standard InChI is InChI=1S/C51H30N2O/c1-3-13-30(14-4-1)33-23-25-37-40(27-33)41-28-43-45(54-44-26-24-31-15-7-8-18-34(31)46(43)44)29-42(41)47(37)51-48(32-16-5-2-6-17-32)52-49-38-21-11-9-19-35(38)36-20-10-12-22-39(36)50(49)53-51/h1-29,47H/t47-/m1/s1. The molecular weight excluding hydrogens is 657 g/mol. The van der Waals surface area contributed by atoms with E-state index in [4.69, 9.17) is 14.4 Å². The monoisotopic (exact) mass is 686 g/mol. The van der Waals surface area contributed by atoms with Crippen molar-refractivity contribution in [1.82, 2.24) is 9.97 Å². The van der Waals surface area contributed by atoms with Gasteiger partial charge in [-0.2, -0.15) is 0 Å². The third kappa shape index (κ3) is 4.18. The van der Waals surface area contributed by atoms with Crippen LogP contribution in [0, 0.1) is 0 Å². The lowest BCUT2D eigenvalue weighted by atomic mass is 9.88. The van der Waals surface area contributed by atoms with E-state index in [2.05, 4.69) is 176 Å². The van der Waals surface area contributed by atoms with Crippen LogP contribution in [0.1, 0.15) is 22.7 Å². The van der Waals surface area contributed by atoms with Gasteiger partial charge in [0.1, 0.15) is 11.2 Å². The van der Waals surface area contributed by atoms with Crippen LogP contribution in [0.3, 0.4) is 0 Å². The first-order valence-corrected chi connectivity index (χ1v) is 18.5. The summed E-state index contributed by atoms with van der Waals surface area (Å²) in [4.78, 5) is 11.4. The molecule has 12 rings (SSSR count). The average Bonchev–Trinajstić information content (AvgIpc) is 3.77. The first kappa shape index (κ1) is 29.5. The SMILES string of the molecule is c1ccc(-c2ccc3c(c2)-c2cc4c(cc2[C@@H]3c2nc3c5ccccc5c5ccccc5c3nc2-c2ccccc2)oc2ccc3ccccc3c24)cc1. The Hall–Kier alpha value is -7.10. The molecule has 0 aliphatic heterocycles. The van der Waals surface area contributed by atoms with Crippen LogP contribution in [0.5, 0.6) is 0 Å². The Kier molecular flexibility index (Phi) is 6.11. The van der Waals surface area contributed by atoms with E-state index in [9.17, 15) is 0 Å². The van der Waals surface area contributed by atoms with E-state index in [0.717, 1.165) is 60.7 Å². The third-order valence-corrected chi connectivity index (χ3v) is 11.5. The zero-order valence-corrected chi connectivity index (χ0v) is 29.1. The summed E-state index contributed by atoms with van der Waals surface area (Å²) < 4.78 is 6.72. The fourth-order valence-electron chi connectivity index (χ4n) is 9.08. The molecule has 0 fully saturated rings. The highest BCUT2D eigenvalue weighted by molar-refractivity contribution is 6.23. The van der Waals surface area contributed by atoms with Crippen LogP contribution in [0.2, 0.25) is 0 Å². The van der Waals surface area contributed by atoms with E-state index < -0.39 is 0 Å². The van der Waals surface area contributed by atoms with Crippen LogP contribution in [0.4, 0.5) is 0 Å². The summed E-state index contributed by atoms with van der Waals surface area (Å²) in [5.74, 6) is -0.175. The molecule has 0 unspecified atom stereocenters. The maximum Gasteiger partial charge on any atom is 0.136 e. The molecule has 0 spiro atoms. The number of rotatable bonds is 3. The first-order chi connectivity index (χ1) is 26.8. The van der Waals surface area contributed by atoms with Crippen LogP contribution in [0.25, 0.3) is 98.8 Å². The largest absolute Gasteiger partial charge is 0.456 e. The van der Waals surface area contributed by atoms with Crippen LogP contribution in [0.15, 0.2) is 180 Å². The highest BCUT2D eigenvalue weighted by atomic mass is 16.3. The van der Waals surface area contributed by atoms with Gasteiger partial charge in [0.25, 0.3) is 0 Å². The maximum atomic E-state index is 6.72. The van der Waals surface area contributed by atoms with Crippen LogP contribution in [-0.2, 0) is 0 Å². The molecule has 0 N–H and O–H groups in total. The predicted molar refractivity (Wildman–Crippen MR) is 223 cm³/mol. The molecule has 11 aromatic rings. The molecule has 54 heavy (non-hydrogen) atoms. The Labute approximate surface area is 310 Å². The van der Waals surface area contributed by atoms with Crippen molar-refractivity contribution >= 4 is 65.3 Å². The van der Waals surface area contributed by atoms with Gasteiger partial charge >= 0.3 is 0 Å². The molecule has 1 aliphatic carbocycles. The highest BCUT2D eigenvalue weighted by Gasteiger charge is 2.35. The summed E-state index contributed by atoms with van der Waals surface area (Å²) in [6.07, 6.45) is 0. The molecule has 250 valence electrons. The van der Waals surface area contributed by atoms with Crippen molar-refractivity contribution < 1.29 is 4.42 Å². The second-order valence-corrected chi connectivity index (χ2v) is 14.4. The van der Waals surface area contributed by atoms with Gasteiger partial charge < -0.3 is 4.42 Å². The molecule has 0 saturated carbocycles. The topological polar surface area (TPSA) is 38.9 Å². The van der Waals surface area contributed by atoms with Gasteiger partial charge in [0.2, 0.25) is 0 Å². The minimum atomic E-state index is -0.175. The molecule has 3 heteroatoms. The van der Waals surface area contributed by atoms with Gasteiger partial charge in [0.15, 0.2) is 0 Å². The van der Waals surface area contributed by atoms with Crippen molar-refractivity contribution in [2.75, 3.05) is 0 Å². The van der Waals surface area contributed by atoms with E-state index >= 15 is 0 Å². The number of fused-ring (bicyclic) bond motifs is 14. The summed E-state index contributed by atoms with van der Waals surface area (Å²) in [6, 6.07) is 62.9. The summed E-state index contributed by atoms with van der Waals surface area (Å²) in [5, 5.41) is 9.28. The number of hydrogen-bond donors (Lipinski definition) is 0. The predicted octanol–water partition coefficient (Wildman–Crippen LogP) is 13.5. The van der Waals surface area contributed by atoms with E-state index in [1.54, 1.807) is 0 Å². The Morgan fingerprint density at radius 3 is 1.74 bits per heavy atom. The van der Waals surface area contributed by atoms with Gasteiger partial charge in [-0.3, -0.25) is 0 Å². The Balaban J connectivity index is 1.21. The van der Waals surface area contributed by atoms with Crippen molar-refractivity contribution in [2.45, 2.75) is 5.92 Å². The zero-order chi connectivity index (χ0) is 35.3. The number of benzene rings is 9. The van der Waals surface area contributed by atoms with Crippen molar-refractivity contribution in [3.8, 4) is 33.5 Å². The van der Waals surface area contributed by atoms with E-state index in [1.165, 1.54) is 54.9 Å². The molecular formula is C51H30N2O. The van der Waals surface area contributed by atoms with E-state index in [0.29, 0.717) is 0 Å². The van der Waals surface area contributed by atoms with Crippen LogP contribution >= 0.6 is 0 Å².